The van der Waals surface area contributed by atoms with Crippen LogP contribution in [0.4, 0.5) is 0 Å². The Morgan fingerprint density at radius 3 is 1.50 bits per heavy atom. The largest absolute Gasteiger partial charge is 0.336 e. The van der Waals surface area contributed by atoms with Crippen molar-refractivity contribution >= 4 is 11.8 Å². The van der Waals surface area contributed by atoms with Crippen molar-refractivity contribution in [1.29, 1.82) is 0 Å². The standard InChI is InChI=1S/C28H38N4O2/c1-31(27-9-17-3-18(10-27)5-19(4-17)11-27)25(33)23-15-29-16-30-24(23)26(34)32(2)28-12-20-6-21(13-28)8-22(7-20)14-28/h15-22H,3-14H2,1-2H3. The van der Waals surface area contributed by atoms with Gasteiger partial charge in [0.2, 0.25) is 0 Å². The van der Waals surface area contributed by atoms with Gasteiger partial charge in [-0.1, -0.05) is 0 Å². The quantitative estimate of drug-likeness (QED) is 0.658. The summed E-state index contributed by atoms with van der Waals surface area (Å²) >= 11 is 0. The summed E-state index contributed by atoms with van der Waals surface area (Å²) in [6.07, 6.45) is 17.8. The maximum absolute atomic E-state index is 13.9. The fourth-order valence-corrected chi connectivity index (χ4v) is 10.4. The lowest BCUT2D eigenvalue weighted by molar-refractivity contribution is -0.0680. The van der Waals surface area contributed by atoms with Crippen LogP contribution in [0.2, 0.25) is 0 Å². The molecule has 2 amide bonds. The molecule has 0 N–H and O–H groups in total. The van der Waals surface area contributed by atoms with Gasteiger partial charge in [-0.05, 0) is 113 Å². The highest BCUT2D eigenvalue weighted by Gasteiger charge is 2.56. The third-order valence-electron chi connectivity index (χ3n) is 11.2. The topological polar surface area (TPSA) is 66.4 Å². The normalized spacial score (nSPS) is 43.2. The molecule has 0 unspecified atom stereocenters. The van der Waals surface area contributed by atoms with Gasteiger partial charge in [-0.2, -0.15) is 0 Å². The van der Waals surface area contributed by atoms with Crippen LogP contribution in [0.1, 0.15) is 97.9 Å². The molecule has 1 heterocycles. The Morgan fingerprint density at radius 1 is 0.706 bits per heavy atom. The molecule has 6 heteroatoms. The van der Waals surface area contributed by atoms with Crippen LogP contribution in [0.5, 0.6) is 0 Å². The van der Waals surface area contributed by atoms with Gasteiger partial charge in [0.05, 0.1) is 5.56 Å². The van der Waals surface area contributed by atoms with E-state index in [1.165, 1.54) is 44.9 Å². The van der Waals surface area contributed by atoms with E-state index in [4.69, 9.17) is 0 Å². The van der Waals surface area contributed by atoms with Gasteiger partial charge in [-0.15, -0.1) is 0 Å². The second kappa shape index (κ2) is 7.27. The van der Waals surface area contributed by atoms with Crippen LogP contribution < -0.4 is 0 Å². The summed E-state index contributed by atoms with van der Waals surface area (Å²) in [5, 5.41) is 0. The van der Waals surface area contributed by atoms with E-state index in [2.05, 4.69) is 9.97 Å². The lowest BCUT2D eigenvalue weighted by atomic mass is 9.52. The summed E-state index contributed by atoms with van der Waals surface area (Å²) in [7, 11) is 3.94. The van der Waals surface area contributed by atoms with Gasteiger partial charge >= 0.3 is 0 Å². The van der Waals surface area contributed by atoms with Crippen LogP contribution in [-0.4, -0.2) is 56.8 Å². The lowest BCUT2D eigenvalue weighted by Crippen LogP contribution is -2.61. The van der Waals surface area contributed by atoms with Crippen LogP contribution >= 0.6 is 0 Å². The Bertz CT molecular complexity index is 883. The minimum Gasteiger partial charge on any atom is -0.336 e. The minimum absolute atomic E-state index is 0.0478. The zero-order valence-electron chi connectivity index (χ0n) is 20.7. The molecular weight excluding hydrogens is 424 g/mol. The number of carbonyl (C=O) groups is 2. The van der Waals surface area contributed by atoms with Crippen LogP contribution in [-0.2, 0) is 0 Å². The third kappa shape index (κ3) is 3.05. The van der Waals surface area contributed by atoms with Gasteiger partial charge in [-0.25, -0.2) is 9.97 Å². The van der Waals surface area contributed by atoms with E-state index in [9.17, 15) is 9.59 Å². The lowest BCUT2D eigenvalue weighted by Gasteiger charge is -2.60. The van der Waals surface area contributed by atoms with Gasteiger partial charge in [-0.3, -0.25) is 9.59 Å². The highest BCUT2D eigenvalue weighted by molar-refractivity contribution is 6.06. The first-order chi connectivity index (χ1) is 16.3. The van der Waals surface area contributed by atoms with Crippen molar-refractivity contribution in [1.82, 2.24) is 19.8 Å². The van der Waals surface area contributed by atoms with Crippen molar-refractivity contribution in [2.75, 3.05) is 14.1 Å². The highest BCUT2D eigenvalue weighted by atomic mass is 16.2. The zero-order valence-corrected chi connectivity index (χ0v) is 20.7. The Morgan fingerprint density at radius 2 is 1.09 bits per heavy atom. The Balaban J connectivity index is 1.17. The van der Waals surface area contributed by atoms with Crippen molar-refractivity contribution in [3.05, 3.63) is 23.8 Å². The van der Waals surface area contributed by atoms with Crippen LogP contribution in [0.25, 0.3) is 0 Å². The van der Waals surface area contributed by atoms with E-state index < -0.39 is 0 Å². The fraction of sp³-hybridized carbons (Fsp3) is 0.786. The molecule has 8 fully saturated rings. The van der Waals surface area contributed by atoms with Crippen LogP contribution in [0, 0.1) is 35.5 Å². The maximum Gasteiger partial charge on any atom is 0.273 e. The highest BCUT2D eigenvalue weighted by Crippen LogP contribution is 2.59. The second-order valence-electron chi connectivity index (χ2n) is 13.3. The molecule has 8 aliphatic carbocycles. The van der Waals surface area contributed by atoms with Crippen molar-refractivity contribution in [3.8, 4) is 0 Å². The van der Waals surface area contributed by atoms with Crippen molar-refractivity contribution in [2.45, 2.75) is 88.1 Å². The van der Waals surface area contributed by atoms with Gasteiger partial charge in [0.25, 0.3) is 11.8 Å². The minimum atomic E-state index is -0.0911. The molecule has 0 aliphatic heterocycles. The smallest absolute Gasteiger partial charge is 0.273 e. The maximum atomic E-state index is 13.9. The molecule has 8 saturated carbocycles. The number of hydrogen-bond acceptors (Lipinski definition) is 4. The second-order valence-corrected chi connectivity index (χ2v) is 13.3. The first kappa shape index (κ1) is 21.3. The van der Waals surface area contributed by atoms with Crippen molar-refractivity contribution in [2.24, 2.45) is 35.5 Å². The molecule has 0 aromatic carbocycles. The molecule has 0 atom stereocenters. The van der Waals surface area contributed by atoms with Crippen molar-refractivity contribution < 1.29 is 9.59 Å². The number of rotatable bonds is 4. The Labute approximate surface area is 202 Å². The SMILES string of the molecule is CN(C(=O)c1cncnc1C(=O)N(C)C12CC3CC(CC(C3)C1)C2)C12CC3CC(CC(C3)C1)C2. The third-order valence-corrected chi connectivity index (χ3v) is 11.2. The first-order valence-electron chi connectivity index (χ1n) is 13.7. The molecule has 0 spiro atoms. The van der Waals surface area contributed by atoms with Crippen LogP contribution in [0.15, 0.2) is 12.5 Å². The summed E-state index contributed by atoms with van der Waals surface area (Å²) < 4.78 is 0. The molecule has 0 radical (unpaired) electrons. The summed E-state index contributed by atoms with van der Waals surface area (Å²) in [6, 6.07) is 0. The predicted octanol–water partition coefficient (Wildman–Crippen LogP) is 4.56. The summed E-state index contributed by atoms with van der Waals surface area (Å²) in [6.45, 7) is 0. The molecular formula is C28H38N4O2. The molecule has 6 nitrogen and oxygen atoms in total. The van der Waals surface area contributed by atoms with E-state index in [1.54, 1.807) is 6.20 Å². The molecule has 1 aromatic rings. The fourth-order valence-electron chi connectivity index (χ4n) is 10.4. The number of carbonyl (C=O) groups excluding carboxylic acids is 2. The number of nitrogens with zero attached hydrogens (tertiary/aromatic N) is 4. The predicted molar refractivity (Wildman–Crippen MR) is 128 cm³/mol. The van der Waals surface area contributed by atoms with Gasteiger partial charge in [0.15, 0.2) is 0 Å². The number of aromatic nitrogens is 2. The molecule has 8 aliphatic rings. The Hall–Kier alpha value is -1.98. The molecule has 0 saturated heterocycles. The summed E-state index contributed by atoms with van der Waals surface area (Å²) in [5.41, 5.74) is 0.591. The van der Waals surface area contributed by atoms with E-state index in [0.29, 0.717) is 11.3 Å². The van der Waals surface area contributed by atoms with E-state index in [0.717, 1.165) is 74.0 Å². The van der Waals surface area contributed by atoms with Gasteiger partial charge in [0.1, 0.15) is 12.0 Å². The monoisotopic (exact) mass is 462 g/mol. The zero-order chi connectivity index (χ0) is 23.2. The molecule has 182 valence electrons. The van der Waals surface area contributed by atoms with Crippen LogP contribution in [0.3, 0.4) is 0 Å². The molecule has 8 bridgehead atoms. The molecule has 9 rings (SSSR count). The molecule has 1 aromatic heterocycles. The Kier molecular flexibility index (Phi) is 4.56. The first-order valence-corrected chi connectivity index (χ1v) is 13.7. The average molecular weight is 463 g/mol. The average Bonchev–Trinajstić information content (AvgIpc) is 2.80. The van der Waals surface area contributed by atoms with Gasteiger partial charge < -0.3 is 9.80 Å². The van der Waals surface area contributed by atoms with E-state index >= 15 is 0 Å². The van der Waals surface area contributed by atoms with Gasteiger partial charge in [0, 0.05) is 31.4 Å². The van der Waals surface area contributed by atoms with Crippen molar-refractivity contribution in [3.63, 3.8) is 0 Å². The van der Waals surface area contributed by atoms with E-state index in [-0.39, 0.29) is 22.9 Å². The number of hydrogen-bond donors (Lipinski definition) is 0. The van der Waals surface area contributed by atoms with E-state index in [1.807, 2.05) is 23.9 Å². The molecule has 34 heavy (non-hydrogen) atoms. The number of amides is 2. The summed E-state index contributed by atoms with van der Waals surface area (Å²) in [5.74, 6) is 4.41. The summed E-state index contributed by atoms with van der Waals surface area (Å²) in [4.78, 5) is 40.5.